The molecule has 216 valence electrons. The van der Waals surface area contributed by atoms with Gasteiger partial charge in [-0.25, -0.2) is 9.59 Å². The molecule has 0 radical (unpaired) electrons. The maximum Gasteiger partial charge on any atom is 0.329 e. The minimum absolute atomic E-state index is 0.177. The highest BCUT2D eigenvalue weighted by atomic mass is 16.5. The molecule has 1 saturated carbocycles. The number of aryl methyl sites for hydroxylation is 3. The molecule has 0 spiro atoms. The Morgan fingerprint density at radius 2 is 1.46 bits per heavy atom. The Labute approximate surface area is 241 Å². The Hall–Kier alpha value is -4.33. The van der Waals surface area contributed by atoms with E-state index in [9.17, 15) is 19.5 Å². The first-order chi connectivity index (χ1) is 19.5. The number of carbonyl (C=O) groups is 3. The second kappa shape index (κ2) is 12.5. The van der Waals surface area contributed by atoms with Crippen LogP contribution in [0.1, 0.15) is 66.1 Å². The first-order valence-corrected chi connectivity index (χ1v) is 14.0. The van der Waals surface area contributed by atoms with E-state index >= 15 is 0 Å². The normalized spacial score (nSPS) is 15.0. The molecule has 4 N–H and O–H groups in total. The number of ether oxygens (including phenoxy) is 1. The number of nitrogens with one attached hydrogen (secondary N) is 3. The molecule has 0 heterocycles. The second-order valence-corrected chi connectivity index (χ2v) is 11.1. The highest BCUT2D eigenvalue weighted by molar-refractivity contribution is 6.08. The van der Waals surface area contributed by atoms with Crippen molar-refractivity contribution in [3.63, 3.8) is 0 Å². The zero-order valence-electron chi connectivity index (χ0n) is 24.4. The number of carbonyl (C=O) groups excluding carboxylic acids is 2. The summed E-state index contributed by atoms with van der Waals surface area (Å²) in [5.74, 6) is -1.09. The van der Waals surface area contributed by atoms with Gasteiger partial charge in [0.15, 0.2) is 0 Å². The second-order valence-electron chi connectivity index (χ2n) is 11.1. The number of carboxylic acids is 1. The van der Waals surface area contributed by atoms with Crippen molar-refractivity contribution in [2.45, 2.75) is 65.3 Å². The SMILES string of the molecule is COc1ccc(-c2ccc(C(=O)N[C@](C)(C(=O)O)C3CCCCC3)c(NC(=O)Nc3c(C)cc(C)cc3C)c2)cc1. The largest absolute Gasteiger partial charge is 0.497 e. The maximum absolute atomic E-state index is 13.7. The third-order valence-corrected chi connectivity index (χ3v) is 8.09. The summed E-state index contributed by atoms with van der Waals surface area (Å²) in [7, 11) is 1.60. The summed E-state index contributed by atoms with van der Waals surface area (Å²) in [4.78, 5) is 39.4. The van der Waals surface area contributed by atoms with Crippen LogP contribution in [0.5, 0.6) is 5.75 Å². The molecular formula is C33H39N3O5. The van der Waals surface area contributed by atoms with Crippen LogP contribution in [-0.4, -0.2) is 35.7 Å². The van der Waals surface area contributed by atoms with Crippen molar-refractivity contribution in [3.05, 3.63) is 76.9 Å². The minimum atomic E-state index is -1.43. The third kappa shape index (κ3) is 6.70. The lowest BCUT2D eigenvalue weighted by atomic mass is 9.75. The van der Waals surface area contributed by atoms with E-state index in [-0.39, 0.29) is 17.2 Å². The molecule has 3 aromatic rings. The molecule has 3 amide bonds. The van der Waals surface area contributed by atoms with Gasteiger partial charge in [0.25, 0.3) is 5.91 Å². The van der Waals surface area contributed by atoms with E-state index < -0.39 is 23.4 Å². The van der Waals surface area contributed by atoms with Crippen molar-refractivity contribution >= 4 is 29.3 Å². The van der Waals surface area contributed by atoms with Crippen LogP contribution < -0.4 is 20.7 Å². The fraction of sp³-hybridized carbons (Fsp3) is 0.364. The Kier molecular flexibility index (Phi) is 9.01. The number of anilines is 2. The molecule has 8 nitrogen and oxygen atoms in total. The summed E-state index contributed by atoms with van der Waals surface area (Å²) in [5.41, 5.74) is 4.30. The lowest BCUT2D eigenvalue weighted by molar-refractivity contribution is -0.146. The maximum atomic E-state index is 13.7. The van der Waals surface area contributed by atoms with E-state index in [4.69, 9.17) is 4.74 Å². The van der Waals surface area contributed by atoms with Crippen LogP contribution in [0, 0.1) is 26.7 Å². The zero-order valence-corrected chi connectivity index (χ0v) is 24.4. The van der Waals surface area contributed by atoms with Gasteiger partial charge in [-0.15, -0.1) is 0 Å². The number of carboxylic acid groups (broad SMARTS) is 1. The lowest BCUT2D eigenvalue weighted by Crippen LogP contribution is -2.57. The molecule has 4 rings (SSSR count). The topological polar surface area (TPSA) is 117 Å². The molecule has 1 aliphatic carbocycles. The van der Waals surface area contributed by atoms with Crippen LogP contribution in [-0.2, 0) is 4.79 Å². The minimum Gasteiger partial charge on any atom is -0.497 e. The molecular weight excluding hydrogens is 518 g/mol. The number of urea groups is 1. The number of amides is 3. The van der Waals surface area contributed by atoms with Gasteiger partial charge in [0.2, 0.25) is 0 Å². The van der Waals surface area contributed by atoms with Crippen LogP contribution in [0.2, 0.25) is 0 Å². The van der Waals surface area contributed by atoms with E-state index in [1.54, 1.807) is 32.2 Å². The van der Waals surface area contributed by atoms with Gasteiger partial charge in [-0.1, -0.05) is 55.2 Å². The summed E-state index contributed by atoms with van der Waals surface area (Å²) >= 11 is 0. The van der Waals surface area contributed by atoms with Crippen LogP contribution in [0.15, 0.2) is 54.6 Å². The molecule has 1 aliphatic rings. The fourth-order valence-corrected chi connectivity index (χ4v) is 5.77. The van der Waals surface area contributed by atoms with Crippen LogP contribution in [0.3, 0.4) is 0 Å². The Morgan fingerprint density at radius 1 is 0.854 bits per heavy atom. The summed E-state index contributed by atoms with van der Waals surface area (Å²) < 4.78 is 5.26. The predicted octanol–water partition coefficient (Wildman–Crippen LogP) is 7.08. The van der Waals surface area contributed by atoms with Gasteiger partial charge in [-0.05, 0) is 93.0 Å². The third-order valence-electron chi connectivity index (χ3n) is 8.09. The van der Waals surface area contributed by atoms with Crippen molar-refractivity contribution in [1.82, 2.24) is 5.32 Å². The summed E-state index contributed by atoms with van der Waals surface area (Å²) in [6.45, 7) is 7.43. The monoisotopic (exact) mass is 557 g/mol. The molecule has 0 aromatic heterocycles. The number of benzene rings is 3. The van der Waals surface area contributed by atoms with Crippen LogP contribution in [0.4, 0.5) is 16.2 Å². The van der Waals surface area contributed by atoms with Gasteiger partial charge in [-0.3, -0.25) is 4.79 Å². The highest BCUT2D eigenvalue weighted by Gasteiger charge is 2.43. The number of hydrogen-bond acceptors (Lipinski definition) is 4. The molecule has 0 aliphatic heterocycles. The number of methoxy groups -OCH3 is 1. The van der Waals surface area contributed by atoms with Gasteiger partial charge in [-0.2, -0.15) is 0 Å². The predicted molar refractivity (Wildman–Crippen MR) is 162 cm³/mol. The highest BCUT2D eigenvalue weighted by Crippen LogP contribution is 2.34. The molecule has 0 unspecified atom stereocenters. The van der Waals surface area contributed by atoms with Crippen molar-refractivity contribution in [2.24, 2.45) is 5.92 Å². The average Bonchev–Trinajstić information content (AvgIpc) is 2.95. The summed E-state index contributed by atoms with van der Waals surface area (Å²) in [6.07, 6.45) is 4.41. The zero-order chi connectivity index (χ0) is 29.7. The van der Waals surface area contributed by atoms with Crippen molar-refractivity contribution in [1.29, 1.82) is 0 Å². The van der Waals surface area contributed by atoms with Crippen molar-refractivity contribution in [2.75, 3.05) is 17.7 Å². The van der Waals surface area contributed by atoms with Gasteiger partial charge >= 0.3 is 12.0 Å². The molecule has 1 fully saturated rings. The van der Waals surface area contributed by atoms with Crippen LogP contribution in [0.25, 0.3) is 11.1 Å². The first kappa shape index (κ1) is 29.6. The van der Waals surface area contributed by atoms with Crippen LogP contribution >= 0.6 is 0 Å². The van der Waals surface area contributed by atoms with Gasteiger partial charge in [0.1, 0.15) is 11.3 Å². The Morgan fingerprint density at radius 3 is 2.05 bits per heavy atom. The van der Waals surface area contributed by atoms with Crippen molar-refractivity contribution in [3.8, 4) is 16.9 Å². The molecule has 0 saturated heterocycles. The van der Waals surface area contributed by atoms with E-state index in [1.807, 2.05) is 57.2 Å². The standard InChI is InChI=1S/C33H39N3O5/c1-20-17-21(2)29(22(3)18-20)35-32(40)34-28-19-24(23-11-14-26(41-5)15-12-23)13-16-27(28)30(37)36-33(4,31(38)39)25-9-7-6-8-10-25/h11-19,25H,6-10H2,1-5H3,(H,36,37)(H,38,39)(H2,34,35,40)/t33-/m0/s1. The first-order valence-electron chi connectivity index (χ1n) is 14.0. The molecule has 0 bridgehead atoms. The quantitative estimate of drug-likeness (QED) is 0.236. The Bertz CT molecular complexity index is 1420. The number of aliphatic carboxylic acids is 1. The number of hydrogen-bond donors (Lipinski definition) is 4. The summed E-state index contributed by atoms with van der Waals surface area (Å²) in [6, 6.07) is 16.1. The van der Waals surface area contributed by atoms with E-state index in [1.165, 1.54) is 0 Å². The smallest absolute Gasteiger partial charge is 0.329 e. The van der Waals surface area contributed by atoms with E-state index in [0.717, 1.165) is 59.9 Å². The summed E-state index contributed by atoms with van der Waals surface area (Å²) in [5, 5.41) is 18.7. The molecule has 41 heavy (non-hydrogen) atoms. The molecule has 1 atom stereocenters. The molecule has 8 heteroatoms. The lowest BCUT2D eigenvalue weighted by Gasteiger charge is -2.37. The van der Waals surface area contributed by atoms with Gasteiger partial charge < -0.3 is 25.8 Å². The molecule has 3 aromatic carbocycles. The average molecular weight is 558 g/mol. The fourth-order valence-electron chi connectivity index (χ4n) is 5.77. The Balaban J connectivity index is 1.68. The van der Waals surface area contributed by atoms with E-state index in [0.29, 0.717) is 11.4 Å². The van der Waals surface area contributed by atoms with E-state index in [2.05, 4.69) is 16.0 Å². The van der Waals surface area contributed by atoms with Gasteiger partial charge in [0, 0.05) is 5.69 Å². The number of rotatable bonds is 8. The van der Waals surface area contributed by atoms with Gasteiger partial charge in [0.05, 0.1) is 18.4 Å². The van der Waals surface area contributed by atoms with Crippen molar-refractivity contribution < 1.29 is 24.2 Å².